The minimum absolute atomic E-state index is 0.208. The van der Waals surface area contributed by atoms with Crippen molar-refractivity contribution in [3.63, 3.8) is 0 Å². The van der Waals surface area contributed by atoms with E-state index in [9.17, 15) is 4.79 Å². The molecule has 0 bridgehead atoms. The van der Waals surface area contributed by atoms with Crippen molar-refractivity contribution in [2.45, 2.75) is 38.9 Å². The Morgan fingerprint density at radius 1 is 1.30 bits per heavy atom. The Hall–Kier alpha value is -0.915. The predicted octanol–water partition coefficient (Wildman–Crippen LogP) is 1.93. The number of aromatic nitrogens is 1. The zero-order valence-corrected chi connectivity index (χ0v) is 13.8. The number of hydrogen-bond acceptors (Lipinski definition) is 5. The van der Waals surface area contributed by atoms with Crippen LogP contribution in [0.5, 0.6) is 0 Å². The second kappa shape index (κ2) is 5.13. The van der Waals surface area contributed by atoms with Gasteiger partial charge in [0, 0.05) is 11.7 Å². The van der Waals surface area contributed by atoms with E-state index in [-0.39, 0.29) is 5.69 Å². The van der Waals surface area contributed by atoms with Crippen LogP contribution in [0.3, 0.4) is 0 Å². The first-order chi connectivity index (χ1) is 9.19. The molecule has 0 radical (unpaired) electrons. The van der Waals surface area contributed by atoms with Gasteiger partial charge in [0.15, 0.2) is 5.69 Å². The van der Waals surface area contributed by atoms with Crippen molar-refractivity contribution >= 4 is 34.5 Å². The fourth-order valence-corrected chi connectivity index (χ4v) is 2.43. The average molecular weight is 342 g/mol. The van der Waals surface area contributed by atoms with Crippen molar-refractivity contribution in [1.82, 2.24) is 4.98 Å². The van der Waals surface area contributed by atoms with E-state index in [1.54, 1.807) is 6.07 Å². The number of pyridine rings is 1. The third-order valence-electron chi connectivity index (χ3n) is 3.81. The maximum atomic E-state index is 11.7. The Morgan fingerprint density at radius 3 is 2.35 bits per heavy atom. The summed E-state index contributed by atoms with van der Waals surface area (Å²) in [6.07, 6.45) is 1.54. The second-order valence-electron chi connectivity index (χ2n) is 5.64. The molecule has 0 N–H and O–H groups in total. The molecule has 0 saturated carbocycles. The molecule has 0 spiro atoms. The number of carbonyl (C=O) groups excluding carboxylic acids is 1. The number of halogens is 1. The van der Waals surface area contributed by atoms with Gasteiger partial charge >= 0.3 is 13.1 Å². The normalized spacial score (nSPS) is 20.0. The first-order valence-electron chi connectivity index (χ1n) is 6.28. The minimum atomic E-state index is -0.555. The Labute approximate surface area is 127 Å². The van der Waals surface area contributed by atoms with E-state index in [0.717, 1.165) is 5.46 Å². The van der Waals surface area contributed by atoms with Gasteiger partial charge in [0.2, 0.25) is 0 Å². The molecule has 0 aromatic carbocycles. The van der Waals surface area contributed by atoms with Gasteiger partial charge in [-0.2, -0.15) is 0 Å². The van der Waals surface area contributed by atoms with Crippen LogP contribution in [0.25, 0.3) is 0 Å². The maximum Gasteiger partial charge on any atom is 0.496 e. The highest BCUT2D eigenvalue weighted by Gasteiger charge is 2.52. The molecule has 0 unspecified atom stereocenters. The van der Waals surface area contributed by atoms with Gasteiger partial charge in [0.1, 0.15) is 0 Å². The highest BCUT2D eigenvalue weighted by atomic mass is 79.9. The number of ether oxygens (including phenoxy) is 1. The molecule has 0 aliphatic carbocycles. The van der Waals surface area contributed by atoms with Gasteiger partial charge < -0.3 is 14.0 Å². The van der Waals surface area contributed by atoms with Crippen LogP contribution in [0.15, 0.2) is 16.7 Å². The molecule has 1 saturated heterocycles. The fourth-order valence-electron chi connectivity index (χ4n) is 1.85. The molecule has 1 aliphatic heterocycles. The largest absolute Gasteiger partial charge is 0.496 e. The van der Waals surface area contributed by atoms with Crippen LogP contribution >= 0.6 is 15.9 Å². The number of esters is 1. The SMILES string of the molecule is COC(=O)c1nccc(B2OC(C)(C)C(C)(C)O2)c1Br. The van der Waals surface area contributed by atoms with Crippen LogP contribution in [0.4, 0.5) is 0 Å². The van der Waals surface area contributed by atoms with Crippen LogP contribution in [-0.2, 0) is 14.0 Å². The Morgan fingerprint density at radius 2 is 1.85 bits per heavy atom. The number of rotatable bonds is 2. The summed E-state index contributed by atoms with van der Waals surface area (Å²) in [5.41, 5.74) is 0.0520. The van der Waals surface area contributed by atoms with E-state index in [4.69, 9.17) is 14.0 Å². The molecule has 2 rings (SSSR count). The lowest BCUT2D eigenvalue weighted by atomic mass is 9.79. The highest BCUT2D eigenvalue weighted by molar-refractivity contribution is 9.10. The molecule has 0 amide bonds. The molecule has 0 atom stereocenters. The maximum absolute atomic E-state index is 11.7. The summed E-state index contributed by atoms with van der Waals surface area (Å²) < 4.78 is 17.2. The van der Waals surface area contributed by atoms with Crippen LogP contribution in [0.2, 0.25) is 0 Å². The minimum Gasteiger partial charge on any atom is -0.464 e. The quantitative estimate of drug-likeness (QED) is 0.607. The summed E-state index contributed by atoms with van der Waals surface area (Å²) in [6, 6.07) is 1.76. The van der Waals surface area contributed by atoms with Crippen LogP contribution in [0.1, 0.15) is 38.2 Å². The molecule has 20 heavy (non-hydrogen) atoms. The van der Waals surface area contributed by atoms with E-state index in [2.05, 4.69) is 20.9 Å². The fraction of sp³-hybridized carbons (Fsp3) is 0.538. The summed E-state index contributed by atoms with van der Waals surface area (Å²) in [5.74, 6) is -0.504. The monoisotopic (exact) mass is 341 g/mol. The van der Waals surface area contributed by atoms with Crippen LogP contribution < -0.4 is 5.46 Å². The van der Waals surface area contributed by atoms with Crippen LogP contribution in [0, 0.1) is 0 Å². The average Bonchev–Trinajstić information content (AvgIpc) is 2.57. The molecule has 1 aliphatic rings. The van der Waals surface area contributed by atoms with Gasteiger partial charge in [-0.3, -0.25) is 0 Å². The lowest BCUT2D eigenvalue weighted by Crippen LogP contribution is -2.41. The molecule has 1 fully saturated rings. The summed E-state index contributed by atoms with van der Waals surface area (Å²) in [5, 5.41) is 0. The van der Waals surface area contributed by atoms with Gasteiger partial charge in [-0.05, 0) is 49.7 Å². The molecule has 2 heterocycles. The molecular weight excluding hydrogens is 325 g/mol. The number of nitrogens with zero attached hydrogens (tertiary/aromatic N) is 1. The number of hydrogen-bond donors (Lipinski definition) is 0. The third kappa shape index (κ3) is 2.50. The van der Waals surface area contributed by atoms with E-state index in [1.807, 2.05) is 27.7 Å². The van der Waals surface area contributed by atoms with E-state index >= 15 is 0 Å². The Balaban J connectivity index is 2.39. The smallest absolute Gasteiger partial charge is 0.464 e. The molecule has 7 heteroatoms. The number of methoxy groups -OCH3 is 1. The highest BCUT2D eigenvalue weighted by Crippen LogP contribution is 2.37. The summed E-state index contributed by atoms with van der Waals surface area (Å²) in [4.78, 5) is 15.7. The van der Waals surface area contributed by atoms with Crippen molar-refractivity contribution in [2.24, 2.45) is 0 Å². The van der Waals surface area contributed by atoms with E-state index in [0.29, 0.717) is 4.47 Å². The van der Waals surface area contributed by atoms with Gasteiger partial charge in [-0.1, -0.05) is 0 Å². The van der Waals surface area contributed by atoms with Crippen molar-refractivity contribution in [3.8, 4) is 0 Å². The van der Waals surface area contributed by atoms with E-state index < -0.39 is 24.3 Å². The van der Waals surface area contributed by atoms with Crippen molar-refractivity contribution in [3.05, 3.63) is 22.4 Å². The second-order valence-corrected chi connectivity index (χ2v) is 6.44. The lowest BCUT2D eigenvalue weighted by molar-refractivity contribution is 0.00578. The molecule has 1 aromatic rings. The Bertz CT molecular complexity index is 531. The predicted molar refractivity (Wildman–Crippen MR) is 79.0 cm³/mol. The third-order valence-corrected chi connectivity index (χ3v) is 4.64. The molecule has 5 nitrogen and oxygen atoms in total. The van der Waals surface area contributed by atoms with Gasteiger partial charge in [-0.15, -0.1) is 0 Å². The zero-order chi connectivity index (χ0) is 15.1. The molecule has 108 valence electrons. The molecule has 1 aromatic heterocycles. The van der Waals surface area contributed by atoms with Crippen molar-refractivity contribution in [2.75, 3.05) is 7.11 Å². The summed E-state index contributed by atoms with van der Waals surface area (Å²) >= 11 is 3.38. The standard InChI is InChI=1S/C13H17BBrNO4/c1-12(2)13(3,4)20-14(19-12)8-6-7-16-10(9(8)15)11(17)18-5/h6-7H,1-5H3. The van der Waals surface area contributed by atoms with Gasteiger partial charge in [0.05, 0.1) is 22.8 Å². The van der Waals surface area contributed by atoms with Gasteiger partial charge in [0.25, 0.3) is 0 Å². The Kier molecular flexibility index (Phi) is 3.97. The topological polar surface area (TPSA) is 57.7 Å². The van der Waals surface area contributed by atoms with E-state index in [1.165, 1.54) is 13.3 Å². The van der Waals surface area contributed by atoms with Crippen molar-refractivity contribution in [1.29, 1.82) is 0 Å². The van der Waals surface area contributed by atoms with Crippen LogP contribution in [-0.4, -0.2) is 36.4 Å². The van der Waals surface area contributed by atoms with Crippen molar-refractivity contribution < 1.29 is 18.8 Å². The lowest BCUT2D eigenvalue weighted by Gasteiger charge is -2.32. The zero-order valence-electron chi connectivity index (χ0n) is 12.2. The first kappa shape index (κ1) is 15.5. The summed E-state index contributed by atoms with van der Waals surface area (Å²) in [7, 11) is 0.763. The molecular formula is C13H17BBrNO4. The van der Waals surface area contributed by atoms with Gasteiger partial charge in [-0.25, -0.2) is 9.78 Å². The number of carbonyl (C=O) groups is 1. The summed E-state index contributed by atoms with van der Waals surface area (Å²) in [6.45, 7) is 7.90. The first-order valence-corrected chi connectivity index (χ1v) is 7.07.